The fraction of sp³-hybridized carbons (Fsp3) is 0.167. The van der Waals surface area contributed by atoms with Gasteiger partial charge in [-0.1, -0.05) is 29.4 Å². The molecule has 23 heavy (non-hydrogen) atoms. The lowest BCUT2D eigenvalue weighted by atomic mass is 10.1. The zero-order valence-corrected chi connectivity index (χ0v) is 12.8. The Morgan fingerprint density at radius 1 is 1.09 bits per heavy atom. The van der Waals surface area contributed by atoms with E-state index in [9.17, 15) is 4.39 Å². The summed E-state index contributed by atoms with van der Waals surface area (Å²) < 4.78 is 23.6. The van der Waals surface area contributed by atoms with Gasteiger partial charge in [0, 0.05) is 19.2 Å². The first-order valence-electron chi connectivity index (χ1n) is 7.30. The second kappa shape index (κ2) is 7.07. The van der Waals surface area contributed by atoms with E-state index in [2.05, 4.69) is 10.5 Å². The van der Waals surface area contributed by atoms with E-state index in [-0.39, 0.29) is 5.82 Å². The molecular weight excluding hydrogens is 295 g/mol. The lowest BCUT2D eigenvalue weighted by molar-refractivity contribution is 0.402. The van der Waals surface area contributed by atoms with Crippen molar-refractivity contribution in [1.29, 1.82) is 0 Å². The first-order chi connectivity index (χ1) is 11.3. The van der Waals surface area contributed by atoms with Crippen molar-refractivity contribution in [1.82, 2.24) is 10.5 Å². The Morgan fingerprint density at radius 2 is 1.87 bits per heavy atom. The van der Waals surface area contributed by atoms with Gasteiger partial charge in [0.05, 0.1) is 18.4 Å². The van der Waals surface area contributed by atoms with Crippen LogP contribution in [0.25, 0.3) is 11.3 Å². The number of nitrogens with zero attached hydrogens (tertiary/aromatic N) is 1. The highest BCUT2D eigenvalue weighted by molar-refractivity contribution is 5.65. The third kappa shape index (κ3) is 3.76. The quantitative estimate of drug-likeness (QED) is 0.752. The number of hydrogen-bond acceptors (Lipinski definition) is 4. The van der Waals surface area contributed by atoms with Gasteiger partial charge >= 0.3 is 0 Å². The second-order valence-corrected chi connectivity index (χ2v) is 5.11. The minimum absolute atomic E-state index is 0.230. The van der Waals surface area contributed by atoms with E-state index < -0.39 is 0 Å². The van der Waals surface area contributed by atoms with Crippen LogP contribution in [0.3, 0.4) is 0 Å². The number of aromatic nitrogens is 1. The molecule has 0 aliphatic carbocycles. The number of hydrogen-bond donors (Lipinski definition) is 1. The summed E-state index contributed by atoms with van der Waals surface area (Å²) in [7, 11) is 1.63. The fourth-order valence-electron chi connectivity index (χ4n) is 2.31. The molecule has 3 rings (SSSR count). The lowest BCUT2D eigenvalue weighted by Gasteiger charge is -2.03. The summed E-state index contributed by atoms with van der Waals surface area (Å²) in [6.45, 7) is 1.20. The van der Waals surface area contributed by atoms with Gasteiger partial charge in [-0.05, 0) is 29.8 Å². The van der Waals surface area contributed by atoms with Crippen LogP contribution in [0, 0.1) is 5.82 Å². The predicted molar refractivity (Wildman–Crippen MR) is 85.4 cm³/mol. The normalized spacial score (nSPS) is 10.7. The third-order valence-corrected chi connectivity index (χ3v) is 3.48. The molecule has 0 fully saturated rings. The highest BCUT2D eigenvalue weighted by atomic mass is 19.1. The molecule has 1 heterocycles. The van der Waals surface area contributed by atoms with Gasteiger partial charge in [-0.2, -0.15) is 0 Å². The monoisotopic (exact) mass is 312 g/mol. The van der Waals surface area contributed by atoms with Gasteiger partial charge in [0.1, 0.15) is 11.6 Å². The molecule has 0 saturated heterocycles. The Balaban J connectivity index is 1.62. The Morgan fingerprint density at radius 3 is 2.65 bits per heavy atom. The minimum Gasteiger partial charge on any atom is -0.496 e. The third-order valence-electron chi connectivity index (χ3n) is 3.48. The smallest absolute Gasteiger partial charge is 0.170 e. The average molecular weight is 312 g/mol. The molecule has 4 nitrogen and oxygen atoms in total. The van der Waals surface area contributed by atoms with Crippen molar-refractivity contribution in [3.63, 3.8) is 0 Å². The number of methoxy groups -OCH3 is 1. The van der Waals surface area contributed by atoms with Crippen LogP contribution in [0.15, 0.2) is 59.1 Å². The van der Waals surface area contributed by atoms with Gasteiger partial charge < -0.3 is 14.6 Å². The Kier molecular flexibility index (Phi) is 4.68. The van der Waals surface area contributed by atoms with E-state index >= 15 is 0 Å². The largest absolute Gasteiger partial charge is 0.496 e. The van der Waals surface area contributed by atoms with Crippen molar-refractivity contribution in [2.24, 2.45) is 0 Å². The molecule has 0 aliphatic heterocycles. The van der Waals surface area contributed by atoms with Gasteiger partial charge in [0.25, 0.3) is 0 Å². The number of rotatable bonds is 6. The highest BCUT2D eigenvalue weighted by Crippen LogP contribution is 2.29. The van der Waals surface area contributed by atoms with Crippen LogP contribution in [0.4, 0.5) is 4.39 Å². The van der Waals surface area contributed by atoms with Crippen LogP contribution in [0.2, 0.25) is 0 Å². The maximum absolute atomic E-state index is 12.8. The number of para-hydroxylation sites is 1. The Hall–Kier alpha value is -2.66. The van der Waals surface area contributed by atoms with Crippen LogP contribution in [-0.2, 0) is 13.1 Å². The fourth-order valence-corrected chi connectivity index (χ4v) is 2.31. The number of ether oxygens (including phenoxy) is 1. The molecule has 1 N–H and O–H groups in total. The SMILES string of the molecule is COc1ccccc1-c1cc(CNCc2ccc(F)cc2)no1. The molecule has 0 spiro atoms. The standard InChI is InChI=1S/C18H17FN2O2/c1-22-17-5-3-2-4-16(17)18-10-15(21-23-18)12-20-11-13-6-8-14(19)9-7-13/h2-10,20H,11-12H2,1H3. The zero-order chi connectivity index (χ0) is 16.1. The highest BCUT2D eigenvalue weighted by Gasteiger charge is 2.11. The molecule has 0 amide bonds. The summed E-state index contributed by atoms with van der Waals surface area (Å²) in [6.07, 6.45) is 0. The van der Waals surface area contributed by atoms with Gasteiger partial charge in [-0.3, -0.25) is 0 Å². The number of nitrogens with one attached hydrogen (secondary N) is 1. The van der Waals surface area contributed by atoms with Crippen LogP contribution in [0.5, 0.6) is 5.75 Å². The van der Waals surface area contributed by atoms with Crippen molar-refractivity contribution >= 4 is 0 Å². The molecule has 0 bridgehead atoms. The average Bonchev–Trinajstić information content (AvgIpc) is 3.05. The van der Waals surface area contributed by atoms with Crippen LogP contribution in [0.1, 0.15) is 11.3 Å². The molecule has 118 valence electrons. The second-order valence-electron chi connectivity index (χ2n) is 5.11. The first-order valence-corrected chi connectivity index (χ1v) is 7.30. The summed E-state index contributed by atoms with van der Waals surface area (Å²) in [5.41, 5.74) is 2.68. The zero-order valence-electron chi connectivity index (χ0n) is 12.8. The molecule has 0 radical (unpaired) electrons. The van der Waals surface area contributed by atoms with Crippen molar-refractivity contribution in [2.45, 2.75) is 13.1 Å². The molecule has 0 saturated carbocycles. The molecule has 0 aliphatic rings. The van der Waals surface area contributed by atoms with E-state index in [4.69, 9.17) is 9.26 Å². The molecule has 2 aromatic carbocycles. The molecule has 0 unspecified atom stereocenters. The maximum atomic E-state index is 12.8. The van der Waals surface area contributed by atoms with Crippen molar-refractivity contribution in [2.75, 3.05) is 7.11 Å². The van der Waals surface area contributed by atoms with E-state index in [1.165, 1.54) is 12.1 Å². The Bertz CT molecular complexity index is 769. The predicted octanol–water partition coefficient (Wildman–Crippen LogP) is 3.78. The van der Waals surface area contributed by atoms with Crippen molar-refractivity contribution in [3.05, 3.63) is 71.7 Å². The molecule has 0 atom stereocenters. The number of halogens is 1. The van der Waals surface area contributed by atoms with Crippen molar-refractivity contribution in [3.8, 4) is 17.1 Å². The van der Waals surface area contributed by atoms with Crippen LogP contribution in [-0.4, -0.2) is 12.3 Å². The maximum Gasteiger partial charge on any atom is 0.170 e. The van der Waals surface area contributed by atoms with E-state index in [0.717, 1.165) is 22.6 Å². The summed E-state index contributed by atoms with van der Waals surface area (Å²) in [6, 6.07) is 15.9. The van der Waals surface area contributed by atoms with E-state index in [1.54, 1.807) is 19.2 Å². The molecule has 5 heteroatoms. The molecule has 3 aromatic rings. The molecular formula is C18H17FN2O2. The number of benzene rings is 2. The van der Waals surface area contributed by atoms with Crippen LogP contribution < -0.4 is 10.1 Å². The summed E-state index contributed by atoms with van der Waals surface area (Å²) in [4.78, 5) is 0. The van der Waals surface area contributed by atoms with Crippen LogP contribution >= 0.6 is 0 Å². The lowest BCUT2D eigenvalue weighted by Crippen LogP contribution is -2.12. The summed E-state index contributed by atoms with van der Waals surface area (Å²) in [5, 5.41) is 7.31. The minimum atomic E-state index is -0.230. The van der Waals surface area contributed by atoms with Gasteiger partial charge in [-0.15, -0.1) is 0 Å². The van der Waals surface area contributed by atoms with Gasteiger partial charge in [0.2, 0.25) is 0 Å². The Labute approximate surface area is 133 Å². The first kappa shape index (κ1) is 15.2. The molecule has 1 aromatic heterocycles. The van der Waals surface area contributed by atoms with Gasteiger partial charge in [-0.25, -0.2) is 4.39 Å². The van der Waals surface area contributed by atoms with E-state index in [0.29, 0.717) is 18.8 Å². The summed E-state index contributed by atoms with van der Waals surface area (Å²) in [5.74, 6) is 1.18. The summed E-state index contributed by atoms with van der Waals surface area (Å²) >= 11 is 0. The van der Waals surface area contributed by atoms with Gasteiger partial charge in [0.15, 0.2) is 5.76 Å². The topological polar surface area (TPSA) is 47.3 Å². The van der Waals surface area contributed by atoms with E-state index in [1.807, 2.05) is 30.3 Å². The van der Waals surface area contributed by atoms with Crippen molar-refractivity contribution < 1.29 is 13.7 Å².